The van der Waals surface area contributed by atoms with Crippen molar-refractivity contribution in [3.05, 3.63) is 84.1 Å². The van der Waals surface area contributed by atoms with Gasteiger partial charge in [-0.15, -0.1) is 0 Å². The van der Waals surface area contributed by atoms with E-state index in [1.807, 2.05) is 50.3 Å². The summed E-state index contributed by atoms with van der Waals surface area (Å²) in [6.07, 6.45) is 15.3. The Morgan fingerprint density at radius 3 is 2.21 bits per heavy atom. The highest BCUT2D eigenvalue weighted by Gasteiger charge is 2.29. The first kappa shape index (κ1) is 22.9. The SMILES string of the molecule is C=C1/C=C\C(C)/C=C\C(=C)CN(CC(O)CN2CC(/C=C\C)=C(/C=C\C)C2=O)C1. The third-order valence-electron chi connectivity index (χ3n) is 4.95. The number of rotatable bonds is 6. The van der Waals surface area contributed by atoms with Crippen LogP contribution in [0.25, 0.3) is 0 Å². The van der Waals surface area contributed by atoms with Gasteiger partial charge < -0.3 is 10.0 Å². The van der Waals surface area contributed by atoms with E-state index < -0.39 is 6.10 Å². The molecular formula is C25H34N2O2. The van der Waals surface area contributed by atoms with Crippen molar-refractivity contribution in [2.45, 2.75) is 26.9 Å². The molecule has 0 fully saturated rings. The molecule has 0 aromatic rings. The summed E-state index contributed by atoms with van der Waals surface area (Å²) in [5.41, 5.74) is 3.70. The Kier molecular flexibility index (Phi) is 8.62. The maximum Gasteiger partial charge on any atom is 0.254 e. The van der Waals surface area contributed by atoms with E-state index in [4.69, 9.17) is 0 Å². The van der Waals surface area contributed by atoms with Gasteiger partial charge in [-0.25, -0.2) is 0 Å². The van der Waals surface area contributed by atoms with Crippen LogP contribution < -0.4 is 0 Å². The summed E-state index contributed by atoms with van der Waals surface area (Å²) < 4.78 is 0. The van der Waals surface area contributed by atoms with E-state index in [1.54, 1.807) is 4.90 Å². The Balaban J connectivity index is 2.02. The van der Waals surface area contributed by atoms with E-state index in [0.717, 1.165) is 16.7 Å². The first-order valence-electron chi connectivity index (χ1n) is 10.2. The minimum atomic E-state index is -0.647. The average molecular weight is 395 g/mol. The lowest BCUT2D eigenvalue weighted by Crippen LogP contribution is -2.42. The van der Waals surface area contributed by atoms with Crippen LogP contribution in [0.4, 0.5) is 0 Å². The number of aliphatic hydroxyl groups excluding tert-OH is 1. The number of carbonyl (C=O) groups excluding carboxylic acids is 1. The van der Waals surface area contributed by atoms with Crippen molar-refractivity contribution in [2.24, 2.45) is 5.92 Å². The smallest absolute Gasteiger partial charge is 0.254 e. The van der Waals surface area contributed by atoms with Gasteiger partial charge in [0.25, 0.3) is 5.91 Å². The van der Waals surface area contributed by atoms with Crippen molar-refractivity contribution in [1.29, 1.82) is 0 Å². The molecule has 2 aliphatic heterocycles. The number of hydrogen-bond acceptors (Lipinski definition) is 3. The van der Waals surface area contributed by atoms with Gasteiger partial charge in [0.15, 0.2) is 0 Å². The van der Waals surface area contributed by atoms with Crippen molar-refractivity contribution < 1.29 is 9.90 Å². The van der Waals surface area contributed by atoms with Gasteiger partial charge in [0, 0.05) is 38.3 Å². The molecule has 0 aromatic carbocycles. The highest BCUT2D eigenvalue weighted by atomic mass is 16.3. The standard InChI is InChI=1S/C25H34N2O2/c1-6-8-22-16-27(25(29)24(22)9-7-2)18-23(28)17-26-14-20(4)12-10-19(3)11-13-21(5)15-26/h6-13,19,23,28H,4-5,14-18H2,1-3H3/b8-6-,9-7-,12-10-,13-11-. The van der Waals surface area contributed by atoms with Gasteiger partial charge in [-0.3, -0.25) is 9.69 Å². The highest BCUT2D eigenvalue weighted by molar-refractivity contribution is 6.00. The molecule has 2 rings (SSSR count). The van der Waals surface area contributed by atoms with Crippen LogP contribution in [0.5, 0.6) is 0 Å². The molecule has 2 heterocycles. The third-order valence-corrected chi connectivity index (χ3v) is 4.95. The summed E-state index contributed by atoms with van der Waals surface area (Å²) in [5.74, 6) is 0.317. The minimum Gasteiger partial charge on any atom is -0.390 e. The average Bonchev–Trinajstić information content (AvgIpc) is 2.93. The molecule has 4 heteroatoms. The second kappa shape index (κ2) is 10.9. The van der Waals surface area contributed by atoms with Gasteiger partial charge in [-0.05, 0) is 36.5 Å². The van der Waals surface area contributed by atoms with Gasteiger partial charge >= 0.3 is 0 Å². The van der Waals surface area contributed by atoms with E-state index >= 15 is 0 Å². The lowest BCUT2D eigenvalue weighted by molar-refractivity contribution is -0.126. The van der Waals surface area contributed by atoms with Crippen LogP contribution in [-0.2, 0) is 4.79 Å². The van der Waals surface area contributed by atoms with Gasteiger partial charge in [0.2, 0.25) is 0 Å². The number of carbonyl (C=O) groups is 1. The lowest BCUT2D eigenvalue weighted by Gasteiger charge is -2.28. The summed E-state index contributed by atoms with van der Waals surface area (Å²) >= 11 is 0. The third kappa shape index (κ3) is 6.84. The lowest BCUT2D eigenvalue weighted by atomic mass is 10.1. The molecule has 0 aliphatic carbocycles. The number of hydrogen-bond donors (Lipinski definition) is 1. The normalized spacial score (nSPS) is 23.6. The van der Waals surface area contributed by atoms with Crippen molar-refractivity contribution in [2.75, 3.05) is 32.7 Å². The van der Waals surface area contributed by atoms with Crippen LogP contribution in [0.2, 0.25) is 0 Å². The molecule has 29 heavy (non-hydrogen) atoms. The fourth-order valence-electron chi connectivity index (χ4n) is 3.62. The Morgan fingerprint density at radius 2 is 1.66 bits per heavy atom. The molecule has 0 saturated heterocycles. The zero-order valence-electron chi connectivity index (χ0n) is 18.0. The topological polar surface area (TPSA) is 43.8 Å². The van der Waals surface area contributed by atoms with E-state index in [9.17, 15) is 9.90 Å². The quantitative estimate of drug-likeness (QED) is 0.745. The predicted octanol–water partition coefficient (Wildman–Crippen LogP) is 3.81. The molecule has 1 N–H and O–H groups in total. The summed E-state index contributed by atoms with van der Waals surface area (Å²) in [7, 11) is 0. The highest BCUT2D eigenvalue weighted by Crippen LogP contribution is 2.22. The Morgan fingerprint density at radius 1 is 1.07 bits per heavy atom. The van der Waals surface area contributed by atoms with Crippen LogP contribution in [0.15, 0.2) is 84.1 Å². The second-order valence-electron chi connectivity index (χ2n) is 7.84. The Labute approximate surface area is 175 Å². The number of nitrogens with zero attached hydrogens (tertiary/aromatic N) is 2. The fourth-order valence-corrected chi connectivity index (χ4v) is 3.62. The maximum atomic E-state index is 12.7. The molecule has 0 bridgehead atoms. The van der Waals surface area contributed by atoms with Crippen LogP contribution >= 0.6 is 0 Å². The fraction of sp³-hybridized carbons (Fsp3) is 0.400. The van der Waals surface area contributed by atoms with Gasteiger partial charge in [0.05, 0.1) is 6.10 Å². The second-order valence-corrected chi connectivity index (χ2v) is 7.84. The molecule has 1 amide bonds. The molecule has 0 aromatic heterocycles. The Bertz CT molecular complexity index is 755. The molecule has 1 unspecified atom stereocenters. The van der Waals surface area contributed by atoms with Gasteiger partial charge in [-0.2, -0.15) is 0 Å². The summed E-state index contributed by atoms with van der Waals surface area (Å²) in [5, 5.41) is 10.7. The number of allylic oxidation sites excluding steroid dienone is 4. The van der Waals surface area contributed by atoms with Crippen molar-refractivity contribution >= 4 is 5.91 Å². The van der Waals surface area contributed by atoms with Crippen molar-refractivity contribution in [3.63, 3.8) is 0 Å². The Hall–Kier alpha value is -2.43. The van der Waals surface area contributed by atoms with Crippen LogP contribution in [0.3, 0.4) is 0 Å². The number of amides is 1. The summed E-state index contributed by atoms with van der Waals surface area (Å²) in [6.45, 7) is 16.8. The molecular weight excluding hydrogens is 360 g/mol. The minimum absolute atomic E-state index is 0.0233. The van der Waals surface area contributed by atoms with Gasteiger partial charge in [-0.1, -0.05) is 68.7 Å². The van der Waals surface area contributed by atoms with E-state index in [2.05, 4.69) is 37.1 Å². The molecule has 0 spiro atoms. The van der Waals surface area contributed by atoms with E-state index in [1.165, 1.54) is 0 Å². The van der Waals surface area contributed by atoms with Gasteiger partial charge in [0.1, 0.15) is 0 Å². The largest absolute Gasteiger partial charge is 0.390 e. The summed E-state index contributed by atoms with van der Waals surface area (Å²) in [6, 6.07) is 0. The zero-order valence-corrected chi connectivity index (χ0v) is 18.0. The molecule has 2 aliphatic rings. The summed E-state index contributed by atoms with van der Waals surface area (Å²) in [4.78, 5) is 16.6. The maximum absolute atomic E-state index is 12.7. The predicted molar refractivity (Wildman–Crippen MR) is 121 cm³/mol. The molecule has 0 radical (unpaired) electrons. The monoisotopic (exact) mass is 394 g/mol. The molecule has 156 valence electrons. The molecule has 0 saturated carbocycles. The number of β-amino-alcohol motifs (C(OH)–C–C–N with tert-alkyl or cyclic N) is 1. The first-order chi connectivity index (χ1) is 13.8. The molecule has 4 nitrogen and oxygen atoms in total. The van der Waals surface area contributed by atoms with Crippen LogP contribution in [0.1, 0.15) is 20.8 Å². The molecule has 1 atom stereocenters. The first-order valence-corrected chi connectivity index (χ1v) is 10.2. The zero-order chi connectivity index (χ0) is 21.4. The van der Waals surface area contributed by atoms with Crippen molar-refractivity contribution in [1.82, 2.24) is 9.80 Å². The van der Waals surface area contributed by atoms with Crippen molar-refractivity contribution in [3.8, 4) is 0 Å². The van der Waals surface area contributed by atoms with Crippen LogP contribution in [0, 0.1) is 5.92 Å². The van der Waals surface area contributed by atoms with E-state index in [-0.39, 0.29) is 5.91 Å². The van der Waals surface area contributed by atoms with E-state index in [0.29, 0.717) is 44.2 Å². The number of aliphatic hydroxyl groups is 1. The van der Waals surface area contributed by atoms with Crippen LogP contribution in [-0.4, -0.2) is 59.6 Å².